The lowest BCUT2D eigenvalue weighted by molar-refractivity contribution is -0.111. The maximum atomic E-state index is 5.49. The van der Waals surface area contributed by atoms with Crippen LogP contribution in [0.2, 0.25) is 0 Å². The molecule has 1 saturated heterocycles. The van der Waals surface area contributed by atoms with Gasteiger partial charge in [-0.3, -0.25) is 0 Å². The van der Waals surface area contributed by atoms with Crippen molar-refractivity contribution in [3.63, 3.8) is 0 Å². The monoisotopic (exact) mass is 190 g/mol. The van der Waals surface area contributed by atoms with Crippen molar-refractivity contribution >= 4 is 0 Å². The zero-order valence-electron chi connectivity index (χ0n) is 8.22. The molecule has 2 nitrogen and oxygen atoms in total. The third-order valence-electron chi connectivity index (χ3n) is 3.41. The molecule has 1 aliphatic heterocycles. The molecule has 3 rings (SSSR count). The summed E-state index contributed by atoms with van der Waals surface area (Å²) in [5.41, 5.74) is 1.44. The third kappa shape index (κ3) is 1.11. The molecule has 0 bridgehead atoms. The van der Waals surface area contributed by atoms with Gasteiger partial charge in [-0.05, 0) is 17.4 Å². The number of ether oxygens (including phenoxy) is 2. The van der Waals surface area contributed by atoms with Crippen LogP contribution in [0.15, 0.2) is 30.3 Å². The van der Waals surface area contributed by atoms with Crippen LogP contribution >= 0.6 is 0 Å². The fourth-order valence-electron chi connectivity index (χ4n) is 2.67. The third-order valence-corrected chi connectivity index (χ3v) is 3.41. The summed E-state index contributed by atoms with van der Waals surface area (Å²) in [6.07, 6.45) is 0.0326. The maximum Gasteiger partial charge on any atom is 0.160 e. The Morgan fingerprint density at radius 3 is 2.79 bits per heavy atom. The SMILES string of the molecule is CO[C@@H]1OC[C@H]2[C@@H](c3ccccc3)[C@@H]12. The normalized spacial score (nSPS) is 39.5. The lowest BCUT2D eigenvalue weighted by atomic mass is 10.1. The van der Waals surface area contributed by atoms with Gasteiger partial charge in [-0.15, -0.1) is 0 Å². The average molecular weight is 190 g/mol. The molecule has 4 atom stereocenters. The Bertz CT molecular complexity index is 322. The first-order valence-electron chi connectivity index (χ1n) is 5.11. The van der Waals surface area contributed by atoms with E-state index in [1.165, 1.54) is 5.56 Å². The fourth-order valence-corrected chi connectivity index (χ4v) is 2.67. The van der Waals surface area contributed by atoms with E-state index in [1.54, 1.807) is 7.11 Å². The first-order chi connectivity index (χ1) is 6.92. The van der Waals surface area contributed by atoms with Gasteiger partial charge in [-0.2, -0.15) is 0 Å². The summed E-state index contributed by atoms with van der Waals surface area (Å²) in [5, 5.41) is 0. The average Bonchev–Trinajstić information content (AvgIpc) is 2.82. The lowest BCUT2D eigenvalue weighted by Crippen LogP contribution is -2.14. The number of hydrogen-bond acceptors (Lipinski definition) is 2. The van der Waals surface area contributed by atoms with Crippen LogP contribution in [0, 0.1) is 11.8 Å². The minimum Gasteiger partial charge on any atom is -0.356 e. The Morgan fingerprint density at radius 1 is 1.29 bits per heavy atom. The van der Waals surface area contributed by atoms with Crippen LogP contribution in [0.4, 0.5) is 0 Å². The molecular formula is C12H14O2. The second-order valence-corrected chi connectivity index (χ2v) is 4.12. The van der Waals surface area contributed by atoms with Gasteiger partial charge in [0.2, 0.25) is 0 Å². The van der Waals surface area contributed by atoms with Gasteiger partial charge in [-0.25, -0.2) is 0 Å². The van der Waals surface area contributed by atoms with Crippen LogP contribution in [0.5, 0.6) is 0 Å². The van der Waals surface area contributed by atoms with Gasteiger partial charge in [0.1, 0.15) is 0 Å². The molecule has 2 fully saturated rings. The van der Waals surface area contributed by atoms with Crippen molar-refractivity contribution in [1.29, 1.82) is 0 Å². The second-order valence-electron chi connectivity index (χ2n) is 4.12. The molecule has 0 radical (unpaired) electrons. The van der Waals surface area contributed by atoms with Gasteiger partial charge in [0.25, 0.3) is 0 Å². The standard InChI is InChI=1S/C12H14O2/c1-13-12-11-9(7-14-12)10(11)8-5-3-2-4-6-8/h2-6,9-12H,7H2,1H3/t9-,10+,11-,12+/m0/s1. The van der Waals surface area contributed by atoms with E-state index >= 15 is 0 Å². The Hall–Kier alpha value is -0.860. The van der Waals surface area contributed by atoms with Crippen LogP contribution in [0.25, 0.3) is 0 Å². The fraction of sp³-hybridized carbons (Fsp3) is 0.500. The number of benzene rings is 1. The van der Waals surface area contributed by atoms with Crippen LogP contribution < -0.4 is 0 Å². The molecule has 74 valence electrons. The molecule has 0 N–H and O–H groups in total. The number of rotatable bonds is 2. The van der Waals surface area contributed by atoms with Crippen molar-refractivity contribution in [2.24, 2.45) is 11.8 Å². The van der Waals surface area contributed by atoms with Crippen LogP contribution in [-0.2, 0) is 9.47 Å². The number of hydrogen-bond donors (Lipinski definition) is 0. The first kappa shape index (κ1) is 8.45. The Morgan fingerprint density at radius 2 is 2.07 bits per heavy atom. The van der Waals surface area contributed by atoms with Crippen molar-refractivity contribution in [2.45, 2.75) is 12.2 Å². The van der Waals surface area contributed by atoms with Gasteiger partial charge in [-0.1, -0.05) is 30.3 Å². The van der Waals surface area contributed by atoms with E-state index in [2.05, 4.69) is 30.3 Å². The van der Waals surface area contributed by atoms with Crippen LogP contribution in [-0.4, -0.2) is 20.0 Å². The maximum absolute atomic E-state index is 5.49. The Kier molecular flexibility index (Phi) is 1.85. The van der Waals surface area contributed by atoms with E-state index in [0.717, 1.165) is 6.61 Å². The summed E-state index contributed by atoms with van der Waals surface area (Å²) in [6.45, 7) is 0.864. The van der Waals surface area contributed by atoms with Crippen molar-refractivity contribution in [1.82, 2.24) is 0 Å². The molecular weight excluding hydrogens is 176 g/mol. The van der Waals surface area contributed by atoms with Crippen molar-refractivity contribution in [3.8, 4) is 0 Å². The molecule has 1 aliphatic carbocycles. The molecule has 0 aromatic heterocycles. The molecule has 0 amide bonds. The van der Waals surface area contributed by atoms with E-state index < -0.39 is 0 Å². The molecule has 14 heavy (non-hydrogen) atoms. The summed E-state index contributed by atoms with van der Waals surface area (Å²) in [7, 11) is 1.73. The summed E-state index contributed by atoms with van der Waals surface area (Å²) in [4.78, 5) is 0. The molecule has 0 spiro atoms. The second kappa shape index (κ2) is 3.07. The minimum atomic E-state index is 0.0326. The Balaban J connectivity index is 1.80. The van der Waals surface area contributed by atoms with Crippen molar-refractivity contribution in [3.05, 3.63) is 35.9 Å². The molecule has 0 unspecified atom stereocenters. The predicted octanol–water partition coefficient (Wildman–Crippen LogP) is 2.02. The summed E-state index contributed by atoms with van der Waals surface area (Å²) in [5.74, 6) is 1.97. The molecule has 1 aromatic rings. The van der Waals surface area contributed by atoms with Gasteiger partial charge < -0.3 is 9.47 Å². The summed E-state index contributed by atoms with van der Waals surface area (Å²) in [6, 6.07) is 10.7. The molecule has 2 aliphatic rings. The summed E-state index contributed by atoms with van der Waals surface area (Å²) < 4.78 is 10.8. The highest BCUT2D eigenvalue weighted by molar-refractivity contribution is 5.29. The summed E-state index contributed by atoms with van der Waals surface area (Å²) >= 11 is 0. The number of fused-ring (bicyclic) bond motifs is 1. The highest BCUT2D eigenvalue weighted by Gasteiger charge is 2.60. The van der Waals surface area contributed by atoms with Crippen LogP contribution in [0.1, 0.15) is 11.5 Å². The smallest absolute Gasteiger partial charge is 0.160 e. The van der Waals surface area contributed by atoms with Crippen LogP contribution in [0.3, 0.4) is 0 Å². The van der Waals surface area contributed by atoms with Gasteiger partial charge in [0, 0.05) is 13.0 Å². The molecule has 1 heterocycles. The van der Waals surface area contributed by atoms with Gasteiger partial charge >= 0.3 is 0 Å². The molecule has 1 aromatic carbocycles. The first-order valence-corrected chi connectivity index (χ1v) is 5.11. The molecule has 2 heteroatoms. The van der Waals surface area contributed by atoms with Gasteiger partial charge in [0.05, 0.1) is 6.61 Å². The van der Waals surface area contributed by atoms with E-state index in [0.29, 0.717) is 17.8 Å². The lowest BCUT2D eigenvalue weighted by Gasteiger charge is -2.12. The highest BCUT2D eigenvalue weighted by atomic mass is 16.7. The number of methoxy groups -OCH3 is 1. The van der Waals surface area contributed by atoms with Gasteiger partial charge in [0.15, 0.2) is 6.29 Å². The zero-order valence-corrected chi connectivity index (χ0v) is 8.22. The van der Waals surface area contributed by atoms with E-state index in [9.17, 15) is 0 Å². The largest absolute Gasteiger partial charge is 0.356 e. The Labute approximate surface area is 83.8 Å². The zero-order chi connectivity index (χ0) is 9.54. The topological polar surface area (TPSA) is 18.5 Å². The van der Waals surface area contributed by atoms with E-state index in [-0.39, 0.29) is 6.29 Å². The van der Waals surface area contributed by atoms with E-state index in [4.69, 9.17) is 9.47 Å². The quantitative estimate of drug-likeness (QED) is 0.710. The molecule has 1 saturated carbocycles. The predicted molar refractivity (Wildman–Crippen MR) is 52.9 cm³/mol. The minimum absolute atomic E-state index is 0.0326. The van der Waals surface area contributed by atoms with E-state index in [1.807, 2.05) is 0 Å². The van der Waals surface area contributed by atoms with Crippen molar-refractivity contribution < 1.29 is 9.47 Å². The van der Waals surface area contributed by atoms with Crippen molar-refractivity contribution in [2.75, 3.05) is 13.7 Å². The highest BCUT2D eigenvalue weighted by Crippen LogP contribution is 2.60.